The fourth-order valence-electron chi connectivity index (χ4n) is 2.11. The average Bonchev–Trinajstić information content (AvgIpc) is 2.46. The van der Waals surface area contributed by atoms with E-state index >= 15 is 0 Å². The van der Waals surface area contributed by atoms with Gasteiger partial charge >= 0.3 is 0 Å². The van der Waals surface area contributed by atoms with Crippen LogP contribution < -0.4 is 5.32 Å². The zero-order chi connectivity index (χ0) is 15.6. The third kappa shape index (κ3) is 3.72. The third-order valence-electron chi connectivity index (χ3n) is 3.26. The Balaban J connectivity index is 2.40. The van der Waals surface area contributed by atoms with Crippen molar-refractivity contribution in [1.82, 2.24) is 5.32 Å². The molecular formula is C15H12BrCl3FN. The highest BCUT2D eigenvalue weighted by atomic mass is 79.9. The van der Waals surface area contributed by atoms with Gasteiger partial charge in [-0.05, 0) is 53.2 Å². The lowest BCUT2D eigenvalue weighted by atomic mass is 9.98. The molecule has 2 aromatic rings. The number of benzene rings is 2. The molecule has 1 nitrogen and oxygen atoms in total. The lowest BCUT2D eigenvalue weighted by molar-refractivity contribution is 0.534. The minimum atomic E-state index is -0.450. The predicted molar refractivity (Wildman–Crippen MR) is 91.1 cm³/mol. The quantitative estimate of drug-likeness (QED) is 0.604. The first-order valence-corrected chi connectivity index (χ1v) is 8.12. The molecule has 0 saturated carbocycles. The highest BCUT2D eigenvalue weighted by Crippen LogP contribution is 2.34. The molecule has 0 heterocycles. The van der Waals surface area contributed by atoms with Crippen LogP contribution in [0.2, 0.25) is 15.1 Å². The lowest BCUT2D eigenvalue weighted by Gasteiger charge is -2.19. The number of hydrogen-bond acceptors (Lipinski definition) is 1. The van der Waals surface area contributed by atoms with Crippen LogP contribution in [0.4, 0.5) is 4.39 Å². The summed E-state index contributed by atoms with van der Waals surface area (Å²) in [6, 6.07) is 8.43. The molecule has 0 saturated heterocycles. The van der Waals surface area contributed by atoms with Crippen molar-refractivity contribution in [3.8, 4) is 0 Å². The summed E-state index contributed by atoms with van der Waals surface area (Å²) in [6.45, 7) is 0. The van der Waals surface area contributed by atoms with Crippen LogP contribution in [0.3, 0.4) is 0 Å². The van der Waals surface area contributed by atoms with Crippen LogP contribution >= 0.6 is 50.7 Å². The van der Waals surface area contributed by atoms with Gasteiger partial charge in [0.2, 0.25) is 0 Å². The first-order valence-electron chi connectivity index (χ1n) is 6.19. The smallest absolute Gasteiger partial charge is 0.147 e. The molecule has 1 N–H and O–H groups in total. The third-order valence-corrected chi connectivity index (χ3v) is 5.23. The van der Waals surface area contributed by atoms with Gasteiger partial charge in [-0.1, -0.05) is 46.9 Å². The Kier molecular flexibility index (Phi) is 5.92. The normalized spacial score (nSPS) is 12.5. The summed E-state index contributed by atoms with van der Waals surface area (Å²) in [7, 11) is 1.75. The second-order valence-corrected chi connectivity index (χ2v) is 6.56. The molecule has 6 heteroatoms. The summed E-state index contributed by atoms with van der Waals surface area (Å²) in [5.41, 5.74) is 1.25. The van der Waals surface area contributed by atoms with Crippen LogP contribution in [0, 0.1) is 5.82 Å². The van der Waals surface area contributed by atoms with Gasteiger partial charge in [0.25, 0.3) is 0 Å². The van der Waals surface area contributed by atoms with E-state index in [4.69, 9.17) is 34.8 Å². The standard InChI is InChI=1S/C15H12BrCl3FN/c1-21-13(7-9-11(17)3-2-4-12(9)18)8-5-6-10(16)14(19)15(8)20/h2-6,13,21H,7H2,1H3. The van der Waals surface area contributed by atoms with Gasteiger partial charge in [0.05, 0.1) is 5.02 Å². The van der Waals surface area contributed by atoms with E-state index in [2.05, 4.69) is 21.2 Å². The largest absolute Gasteiger partial charge is 0.313 e. The van der Waals surface area contributed by atoms with E-state index in [0.29, 0.717) is 26.5 Å². The van der Waals surface area contributed by atoms with E-state index in [0.717, 1.165) is 5.56 Å². The highest BCUT2D eigenvalue weighted by Gasteiger charge is 2.20. The fraction of sp³-hybridized carbons (Fsp3) is 0.200. The molecule has 0 aliphatic heterocycles. The molecule has 2 rings (SSSR count). The van der Waals surface area contributed by atoms with Gasteiger partial charge in [0.1, 0.15) is 5.82 Å². The molecule has 0 aliphatic rings. The first-order chi connectivity index (χ1) is 9.95. The molecule has 0 fully saturated rings. The van der Waals surface area contributed by atoms with Crippen molar-refractivity contribution in [2.24, 2.45) is 0 Å². The molecule has 2 aromatic carbocycles. The minimum Gasteiger partial charge on any atom is -0.313 e. The second-order valence-electron chi connectivity index (χ2n) is 4.51. The summed E-state index contributed by atoms with van der Waals surface area (Å²) >= 11 is 21.5. The lowest BCUT2D eigenvalue weighted by Crippen LogP contribution is -2.20. The van der Waals surface area contributed by atoms with Crippen LogP contribution in [0.5, 0.6) is 0 Å². The molecular weight excluding hydrogens is 399 g/mol. The Morgan fingerprint density at radius 2 is 1.76 bits per heavy atom. The zero-order valence-corrected chi connectivity index (χ0v) is 14.9. The van der Waals surface area contributed by atoms with Crippen molar-refractivity contribution in [3.63, 3.8) is 0 Å². The van der Waals surface area contributed by atoms with Gasteiger partial charge in [0.15, 0.2) is 0 Å². The molecule has 1 unspecified atom stereocenters. The first kappa shape index (κ1) is 17.0. The van der Waals surface area contributed by atoms with E-state index < -0.39 is 5.82 Å². The average molecular weight is 412 g/mol. The van der Waals surface area contributed by atoms with Gasteiger partial charge in [-0.3, -0.25) is 0 Å². The van der Waals surface area contributed by atoms with Gasteiger partial charge in [-0.15, -0.1) is 0 Å². The van der Waals surface area contributed by atoms with Crippen molar-refractivity contribution in [2.45, 2.75) is 12.5 Å². The summed E-state index contributed by atoms with van der Waals surface area (Å²) in [6.07, 6.45) is 0.462. The number of rotatable bonds is 4. The van der Waals surface area contributed by atoms with E-state index in [1.807, 2.05) is 0 Å². The molecule has 0 radical (unpaired) electrons. The molecule has 1 atom stereocenters. The van der Waals surface area contributed by atoms with Gasteiger partial charge in [-0.2, -0.15) is 0 Å². The SMILES string of the molecule is CNC(Cc1c(Cl)cccc1Cl)c1ccc(Br)c(Cl)c1F. The molecule has 0 amide bonds. The Morgan fingerprint density at radius 3 is 2.33 bits per heavy atom. The van der Waals surface area contributed by atoms with E-state index in [-0.39, 0.29) is 11.1 Å². The van der Waals surface area contributed by atoms with E-state index in [9.17, 15) is 4.39 Å². The Bertz CT molecular complexity index is 643. The van der Waals surface area contributed by atoms with Gasteiger partial charge < -0.3 is 5.32 Å². The van der Waals surface area contributed by atoms with Crippen molar-refractivity contribution in [3.05, 3.63) is 66.8 Å². The van der Waals surface area contributed by atoms with Crippen LogP contribution in [-0.4, -0.2) is 7.05 Å². The number of likely N-dealkylation sites (N-methyl/N-ethyl adjacent to an activating group) is 1. The second kappa shape index (κ2) is 7.30. The Morgan fingerprint density at radius 1 is 1.14 bits per heavy atom. The summed E-state index contributed by atoms with van der Waals surface area (Å²) < 4.78 is 14.9. The van der Waals surface area contributed by atoms with Crippen molar-refractivity contribution in [1.29, 1.82) is 0 Å². The monoisotopic (exact) mass is 409 g/mol. The van der Waals surface area contributed by atoms with Crippen LogP contribution in [0.15, 0.2) is 34.8 Å². The number of halogens is 5. The van der Waals surface area contributed by atoms with Crippen molar-refractivity contribution < 1.29 is 4.39 Å². The maximum Gasteiger partial charge on any atom is 0.147 e. The van der Waals surface area contributed by atoms with E-state index in [1.54, 1.807) is 37.4 Å². The van der Waals surface area contributed by atoms with Crippen LogP contribution in [-0.2, 0) is 6.42 Å². The summed E-state index contributed by atoms with van der Waals surface area (Å²) in [5.74, 6) is -0.450. The Labute approximate surface area is 146 Å². The van der Waals surface area contributed by atoms with Crippen LogP contribution in [0.25, 0.3) is 0 Å². The topological polar surface area (TPSA) is 12.0 Å². The molecule has 0 bridgehead atoms. The number of hydrogen-bond donors (Lipinski definition) is 1. The minimum absolute atomic E-state index is 0.0676. The zero-order valence-electron chi connectivity index (χ0n) is 11.1. The molecule has 21 heavy (non-hydrogen) atoms. The maximum atomic E-state index is 14.3. The molecule has 112 valence electrons. The summed E-state index contributed by atoms with van der Waals surface area (Å²) in [5, 5.41) is 4.27. The maximum absolute atomic E-state index is 14.3. The molecule has 0 aromatic heterocycles. The molecule has 0 spiro atoms. The van der Waals surface area contributed by atoms with Crippen molar-refractivity contribution in [2.75, 3.05) is 7.05 Å². The van der Waals surface area contributed by atoms with Crippen LogP contribution in [0.1, 0.15) is 17.2 Å². The van der Waals surface area contributed by atoms with Gasteiger partial charge in [0, 0.05) is 26.1 Å². The number of nitrogens with one attached hydrogen (secondary N) is 1. The summed E-state index contributed by atoms with van der Waals surface area (Å²) in [4.78, 5) is 0. The van der Waals surface area contributed by atoms with Crippen molar-refractivity contribution >= 4 is 50.7 Å². The fourth-order valence-corrected chi connectivity index (χ4v) is 3.14. The molecule has 0 aliphatic carbocycles. The highest BCUT2D eigenvalue weighted by molar-refractivity contribution is 9.10. The van der Waals surface area contributed by atoms with Gasteiger partial charge in [-0.25, -0.2) is 4.39 Å². The predicted octanol–water partition coefficient (Wildman–Crippen LogP) is 6.05. The van der Waals surface area contributed by atoms with E-state index in [1.165, 1.54) is 0 Å². The Hall–Kier alpha value is -0.320.